The Balaban J connectivity index is 0.00000200. The number of anilines is 2. The number of nitrogens with zero attached hydrogens (tertiary/aromatic N) is 7. The molecule has 0 spiro atoms. The Labute approximate surface area is 277 Å². The number of aliphatic hydroxyl groups is 1. The summed E-state index contributed by atoms with van der Waals surface area (Å²) in [6.45, 7) is -1.31. The van der Waals surface area contributed by atoms with Gasteiger partial charge in [-0.2, -0.15) is 4.98 Å². The monoisotopic (exact) mass is 889 g/mol. The van der Waals surface area contributed by atoms with E-state index in [0.29, 0.717) is 0 Å². The summed E-state index contributed by atoms with van der Waals surface area (Å²) in [7, 11) is -9.84. The number of imidazole rings is 2. The van der Waals surface area contributed by atoms with Crippen LogP contribution in [0.2, 0.25) is 0 Å². The molecule has 0 aromatic carbocycles. The number of hydrogen-bond acceptors (Lipinski definition) is 18. The summed E-state index contributed by atoms with van der Waals surface area (Å²) in [5, 5.41) is 10.6. The van der Waals surface area contributed by atoms with Gasteiger partial charge in [0.05, 0.1) is 32.0 Å². The molecule has 7 atom stereocenters. The Morgan fingerprint density at radius 3 is 2.23 bits per heavy atom. The third kappa shape index (κ3) is 8.27. The molecule has 264 valence electrons. The van der Waals surface area contributed by atoms with Gasteiger partial charge in [0.15, 0.2) is 22.6 Å². The van der Waals surface area contributed by atoms with Crippen molar-refractivity contribution in [3.05, 3.63) is 29.3 Å². The first-order valence-corrected chi connectivity index (χ1v) is 15.8. The van der Waals surface area contributed by atoms with E-state index >= 15 is 0 Å². The summed E-state index contributed by atoms with van der Waals surface area (Å²) in [4.78, 5) is 63.4. The largest absolute Gasteiger partial charge is 0.472 e. The molecular weight excluding hydrogens is 857 g/mol. The number of phosphoric acid groups is 2. The molecule has 6 heterocycles. The molecule has 0 bridgehead atoms. The molecule has 47 heavy (non-hydrogen) atoms. The number of hydrogen-bond donors (Lipinski definition) is 9. The molecule has 6 rings (SSSR count). The van der Waals surface area contributed by atoms with Gasteiger partial charge in [-0.25, -0.2) is 29.1 Å². The average Bonchev–Trinajstić information content (AvgIpc) is 3.71. The van der Waals surface area contributed by atoms with Crippen LogP contribution in [-0.2, 0) is 53.2 Å². The van der Waals surface area contributed by atoms with Gasteiger partial charge in [-0.3, -0.25) is 32.5 Å². The molecule has 2 saturated heterocycles. The minimum atomic E-state index is -4.94. The zero-order valence-electron chi connectivity index (χ0n) is 24.0. The molecule has 24 nitrogen and oxygen atoms in total. The Kier molecular flexibility index (Phi) is 12.1. The van der Waals surface area contributed by atoms with Crippen molar-refractivity contribution in [1.82, 2.24) is 51.3 Å². The summed E-state index contributed by atoms with van der Waals surface area (Å²) in [5.41, 5.74) is 11.5. The number of aromatic amines is 1. The number of nitrogens with two attached hydrogens (primary N) is 2. The van der Waals surface area contributed by atoms with E-state index in [1.54, 1.807) is 0 Å². The Morgan fingerprint density at radius 1 is 0.915 bits per heavy atom. The maximum Gasteiger partial charge on any atom is 0.472 e. The van der Waals surface area contributed by atoms with Crippen LogP contribution in [0.1, 0.15) is 25.3 Å². The van der Waals surface area contributed by atoms with Crippen molar-refractivity contribution >= 4 is 49.7 Å². The number of aliphatic hydroxyl groups excluding tert-OH is 1. The van der Waals surface area contributed by atoms with Crippen LogP contribution < -0.4 is 29.3 Å². The van der Waals surface area contributed by atoms with Crippen LogP contribution in [0.15, 0.2) is 23.8 Å². The van der Waals surface area contributed by atoms with Crippen LogP contribution in [0.25, 0.3) is 22.3 Å². The minimum absolute atomic E-state index is 0. The summed E-state index contributed by atoms with van der Waals surface area (Å²) < 4.78 is 53.8. The fourth-order valence-corrected chi connectivity index (χ4v) is 6.24. The van der Waals surface area contributed by atoms with Gasteiger partial charge in [-0.15, -0.1) is 0 Å². The average molecular weight is 890 g/mol. The zero-order valence-corrected chi connectivity index (χ0v) is 28.1. The molecule has 4 aromatic heterocycles. The number of rotatable bonds is 10. The van der Waals surface area contributed by atoms with Crippen LogP contribution in [0.5, 0.6) is 0 Å². The number of phosphoric ester groups is 2. The molecule has 2 aliphatic rings. The second kappa shape index (κ2) is 14.8. The van der Waals surface area contributed by atoms with E-state index in [2.05, 4.69) is 34.4 Å². The zero-order chi connectivity index (χ0) is 31.4. The third-order valence-corrected chi connectivity index (χ3v) is 8.42. The van der Waals surface area contributed by atoms with Crippen LogP contribution in [0.3, 0.4) is 0 Å². The number of fused-ring (bicyclic) bond motifs is 2. The van der Waals surface area contributed by atoms with E-state index in [1.165, 1.54) is 28.1 Å². The normalized spacial score (nSPS) is 25.6. The molecule has 15 N–H and O–H groups in total. The van der Waals surface area contributed by atoms with Crippen molar-refractivity contribution in [1.29, 1.82) is 0 Å². The maximum atomic E-state index is 13.0. The number of nitrogens with one attached hydrogen (secondary N) is 1. The number of H-pyrrole nitrogens is 1. The smallest absolute Gasteiger partial charge is 0.390 e. The molecule has 4 aromatic rings. The second-order valence-corrected chi connectivity index (χ2v) is 12.5. The van der Waals surface area contributed by atoms with Gasteiger partial charge in [0.25, 0.3) is 5.56 Å². The molecular formula is C20H32N12O12P2Pt. The van der Waals surface area contributed by atoms with Crippen molar-refractivity contribution < 1.29 is 73.0 Å². The molecule has 0 amide bonds. The second-order valence-electron chi connectivity index (χ2n) is 9.85. The first-order valence-electron chi connectivity index (χ1n) is 12.8. The molecule has 0 saturated carbocycles. The molecule has 27 heteroatoms. The van der Waals surface area contributed by atoms with Gasteiger partial charge in [0.1, 0.15) is 42.6 Å². The molecule has 1 unspecified atom stereocenters. The number of aromatic nitrogens is 8. The summed E-state index contributed by atoms with van der Waals surface area (Å²) in [6, 6.07) is 0. The SMILES string of the molecule is N.N.Nc1nc2c(ncn2[C@H]2C[C@H](O)[C@@H](COP(=O)(O)O[C@H]3C[C@H](n4cnc5c(N)ncnc54)O[C@@H]3COP(=O)(O)O)O2)c(=O)[nH]1.[Pt]. The van der Waals surface area contributed by atoms with Gasteiger partial charge in [-0.05, 0) is 0 Å². The Hall–Kier alpha value is -2.79. The van der Waals surface area contributed by atoms with Crippen molar-refractivity contribution in [2.75, 3.05) is 24.7 Å². The van der Waals surface area contributed by atoms with Gasteiger partial charge >= 0.3 is 15.6 Å². The fourth-order valence-electron chi connectivity index (χ4n) is 4.94. The Morgan fingerprint density at radius 2 is 1.53 bits per heavy atom. The van der Waals surface area contributed by atoms with E-state index in [1.807, 2.05) is 0 Å². The summed E-state index contributed by atoms with van der Waals surface area (Å²) in [5.74, 6) is -0.0506. The molecule has 0 aliphatic carbocycles. The summed E-state index contributed by atoms with van der Waals surface area (Å²) in [6.07, 6.45) is -2.87. The van der Waals surface area contributed by atoms with Crippen LogP contribution >= 0.6 is 15.6 Å². The van der Waals surface area contributed by atoms with Gasteiger partial charge in [-0.1, -0.05) is 0 Å². The van der Waals surface area contributed by atoms with Crippen molar-refractivity contribution in [3.63, 3.8) is 0 Å². The van der Waals surface area contributed by atoms with E-state index in [0.717, 1.165) is 0 Å². The number of ether oxygens (including phenoxy) is 2. The van der Waals surface area contributed by atoms with Crippen molar-refractivity contribution in [2.45, 2.75) is 49.7 Å². The molecule has 0 radical (unpaired) electrons. The quantitative estimate of drug-likeness (QED) is 0.0862. The minimum Gasteiger partial charge on any atom is -0.390 e. The standard InChI is InChI=1S/C20H26N10O12P2.2H3N.Pt/c21-16-14-17(24-5-23-16)29(6-25-14)13-2-9(11(41-13)4-38-43(33,34)35)42-44(36,37)39-3-10-8(31)1-12(40-10)30-7-26-15-18(30)27-20(22)28-19(15)32;;;/h5-13,31H,1-4H2,(H,36,37)(H2,21,23,24)(H2,33,34,35)(H3,22,27,28,32);2*1H3;/t8-,9-,10+,11+,12+,13+;;;/m0.../s1. The number of nitrogen functional groups attached to an aromatic ring is 2. The first-order chi connectivity index (χ1) is 20.8. The van der Waals surface area contributed by atoms with Gasteiger partial charge in [0, 0.05) is 33.9 Å². The van der Waals surface area contributed by atoms with Crippen molar-refractivity contribution in [3.8, 4) is 0 Å². The van der Waals surface area contributed by atoms with Crippen molar-refractivity contribution in [2.24, 2.45) is 0 Å². The Bertz CT molecular complexity index is 1850. The van der Waals surface area contributed by atoms with Crippen LogP contribution in [0, 0.1) is 0 Å². The summed E-state index contributed by atoms with van der Waals surface area (Å²) >= 11 is 0. The maximum absolute atomic E-state index is 13.0. The van der Waals surface area contributed by atoms with Crippen LogP contribution in [-0.4, -0.2) is 96.5 Å². The van der Waals surface area contributed by atoms with E-state index in [4.69, 9.17) is 30.0 Å². The molecule has 2 aliphatic heterocycles. The van der Waals surface area contributed by atoms with Crippen LogP contribution in [0.4, 0.5) is 11.8 Å². The van der Waals surface area contributed by atoms with Gasteiger partial charge < -0.3 is 53.0 Å². The predicted molar refractivity (Wildman–Crippen MR) is 154 cm³/mol. The fraction of sp³-hybridized carbons (Fsp3) is 0.500. The third-order valence-electron chi connectivity index (χ3n) is 6.92. The van der Waals surface area contributed by atoms with E-state index in [9.17, 15) is 33.7 Å². The topological polar surface area (TPSA) is 390 Å². The predicted octanol–water partition coefficient (Wildman–Crippen LogP) is -1.01. The van der Waals surface area contributed by atoms with Gasteiger partial charge in [0.2, 0.25) is 5.95 Å². The first kappa shape index (κ1) is 38.7. The van der Waals surface area contributed by atoms with E-state index < -0.39 is 71.3 Å². The molecule has 2 fully saturated rings. The van der Waals surface area contributed by atoms with E-state index in [-0.39, 0.29) is 80.3 Å².